The second kappa shape index (κ2) is 13.3. The van der Waals surface area contributed by atoms with Crippen molar-refractivity contribution in [3.05, 3.63) is 52.2 Å². The molecule has 0 unspecified atom stereocenters. The van der Waals surface area contributed by atoms with Gasteiger partial charge in [0.2, 0.25) is 0 Å². The van der Waals surface area contributed by atoms with Gasteiger partial charge in [0.25, 0.3) is 5.91 Å². The number of amides is 1. The van der Waals surface area contributed by atoms with Crippen LogP contribution in [0.4, 0.5) is 13.2 Å². The molecule has 2 aromatic rings. The fourth-order valence-corrected chi connectivity index (χ4v) is 2.91. The van der Waals surface area contributed by atoms with Gasteiger partial charge < -0.3 is 20.7 Å². The zero-order valence-electron chi connectivity index (χ0n) is 16.3. The van der Waals surface area contributed by atoms with Crippen molar-refractivity contribution in [2.45, 2.75) is 19.1 Å². The molecule has 2 rings (SSSR count). The molecule has 0 bridgehead atoms. The van der Waals surface area contributed by atoms with Crippen molar-refractivity contribution in [1.29, 1.82) is 0 Å². The Kier molecular flexibility index (Phi) is 11.5. The van der Waals surface area contributed by atoms with E-state index in [-0.39, 0.29) is 35.6 Å². The van der Waals surface area contributed by atoms with Gasteiger partial charge in [-0.1, -0.05) is 18.2 Å². The topological polar surface area (TPSA) is 74.8 Å². The highest BCUT2D eigenvalue weighted by atomic mass is 127. The quantitative estimate of drug-likeness (QED) is 0.190. The maximum atomic E-state index is 12.1. The number of rotatable bonds is 9. The monoisotopic (exact) mass is 556 g/mol. The minimum Gasteiger partial charge on any atom is -0.484 e. The number of hydrogen-bond donors (Lipinski definition) is 3. The number of thiophene rings is 1. The first-order valence-corrected chi connectivity index (χ1v) is 9.80. The van der Waals surface area contributed by atoms with E-state index in [1.54, 1.807) is 25.2 Å². The summed E-state index contributed by atoms with van der Waals surface area (Å²) in [6, 6.07) is 9.97. The van der Waals surface area contributed by atoms with E-state index in [1.165, 1.54) is 23.5 Å². The first-order chi connectivity index (χ1) is 13.9. The Morgan fingerprint density at radius 2 is 1.80 bits per heavy atom. The summed E-state index contributed by atoms with van der Waals surface area (Å²) in [4.78, 5) is 16.6. The number of alkyl halides is 3. The number of guanidine groups is 1. The highest BCUT2D eigenvalue weighted by Crippen LogP contribution is 2.18. The molecule has 11 heteroatoms. The molecule has 1 heterocycles. The van der Waals surface area contributed by atoms with Crippen molar-refractivity contribution in [2.24, 2.45) is 4.99 Å². The van der Waals surface area contributed by atoms with E-state index < -0.39 is 12.8 Å². The molecule has 0 saturated heterocycles. The summed E-state index contributed by atoms with van der Waals surface area (Å²) < 4.78 is 41.1. The lowest BCUT2D eigenvalue weighted by Gasteiger charge is -2.13. The maximum absolute atomic E-state index is 12.1. The van der Waals surface area contributed by atoms with E-state index in [0.29, 0.717) is 30.5 Å². The van der Waals surface area contributed by atoms with Crippen LogP contribution in [0.1, 0.15) is 21.7 Å². The fourth-order valence-electron chi connectivity index (χ4n) is 2.27. The molecule has 0 aliphatic heterocycles. The van der Waals surface area contributed by atoms with Gasteiger partial charge in [-0.25, -0.2) is 0 Å². The largest absolute Gasteiger partial charge is 0.484 e. The van der Waals surface area contributed by atoms with Crippen molar-refractivity contribution in [2.75, 3.05) is 26.7 Å². The molecule has 1 amide bonds. The average Bonchev–Trinajstić information content (AvgIpc) is 3.23. The molecule has 0 saturated carbocycles. The number of hydrogen-bond acceptors (Lipinski definition) is 4. The summed E-state index contributed by atoms with van der Waals surface area (Å²) in [6.07, 6.45) is -3.63. The van der Waals surface area contributed by atoms with Crippen LogP contribution in [0.3, 0.4) is 0 Å². The molecule has 0 aliphatic rings. The fraction of sp³-hybridized carbons (Fsp3) is 0.368. The number of benzene rings is 1. The summed E-state index contributed by atoms with van der Waals surface area (Å²) in [5.74, 6) is 0.676. The zero-order valence-corrected chi connectivity index (χ0v) is 19.4. The molecule has 0 atom stereocenters. The lowest BCUT2D eigenvalue weighted by molar-refractivity contribution is -0.153. The molecule has 3 N–H and O–H groups in total. The van der Waals surface area contributed by atoms with Gasteiger partial charge in [0.1, 0.15) is 5.75 Å². The van der Waals surface area contributed by atoms with E-state index in [9.17, 15) is 18.0 Å². The Morgan fingerprint density at radius 3 is 2.40 bits per heavy atom. The Hall–Kier alpha value is -2.02. The highest BCUT2D eigenvalue weighted by Gasteiger charge is 2.28. The van der Waals surface area contributed by atoms with Gasteiger partial charge in [0.15, 0.2) is 12.6 Å². The molecule has 0 fully saturated rings. The van der Waals surface area contributed by atoms with E-state index in [4.69, 9.17) is 0 Å². The van der Waals surface area contributed by atoms with Crippen LogP contribution in [-0.2, 0) is 6.54 Å². The average molecular weight is 556 g/mol. The number of ether oxygens (including phenoxy) is 1. The molecule has 0 radical (unpaired) electrons. The van der Waals surface area contributed by atoms with Gasteiger partial charge in [0.05, 0.1) is 4.88 Å². The summed E-state index contributed by atoms with van der Waals surface area (Å²) in [7, 11) is 1.64. The molecule has 6 nitrogen and oxygen atoms in total. The SMILES string of the molecule is CN=C(NCCCNC(=O)c1cccs1)NCc1ccc(OCC(F)(F)F)cc1.I. The lowest BCUT2D eigenvalue weighted by Crippen LogP contribution is -2.38. The smallest absolute Gasteiger partial charge is 0.422 e. The molecule has 0 spiro atoms. The van der Waals surface area contributed by atoms with Crippen molar-refractivity contribution >= 4 is 47.2 Å². The molecule has 30 heavy (non-hydrogen) atoms. The van der Waals surface area contributed by atoms with Crippen molar-refractivity contribution in [3.63, 3.8) is 0 Å². The molecule has 1 aromatic heterocycles. The first kappa shape index (κ1) is 26.0. The van der Waals surface area contributed by atoms with E-state index >= 15 is 0 Å². The lowest BCUT2D eigenvalue weighted by atomic mass is 10.2. The van der Waals surface area contributed by atoms with Crippen molar-refractivity contribution < 1.29 is 22.7 Å². The molecule has 0 aliphatic carbocycles. The van der Waals surface area contributed by atoms with E-state index in [2.05, 4.69) is 25.7 Å². The third kappa shape index (κ3) is 10.1. The molecule has 166 valence electrons. The Labute approximate surface area is 194 Å². The van der Waals surface area contributed by atoms with E-state index in [1.807, 2.05) is 11.4 Å². The van der Waals surface area contributed by atoms with Crippen LogP contribution < -0.4 is 20.7 Å². The minimum atomic E-state index is -4.36. The van der Waals surface area contributed by atoms with Crippen LogP contribution in [0.5, 0.6) is 5.75 Å². The van der Waals surface area contributed by atoms with Crippen LogP contribution >= 0.6 is 35.3 Å². The van der Waals surface area contributed by atoms with Crippen LogP contribution in [0.15, 0.2) is 46.8 Å². The van der Waals surface area contributed by atoms with Gasteiger partial charge in [0, 0.05) is 26.7 Å². The normalized spacial score (nSPS) is 11.4. The van der Waals surface area contributed by atoms with Gasteiger partial charge in [-0.05, 0) is 35.6 Å². The van der Waals surface area contributed by atoms with Crippen LogP contribution in [0, 0.1) is 0 Å². The van der Waals surface area contributed by atoms with Crippen molar-refractivity contribution in [1.82, 2.24) is 16.0 Å². The maximum Gasteiger partial charge on any atom is 0.422 e. The van der Waals surface area contributed by atoms with E-state index in [0.717, 1.165) is 12.0 Å². The number of carbonyl (C=O) groups excluding carboxylic acids is 1. The third-order valence-corrected chi connectivity index (χ3v) is 4.55. The second-order valence-corrected chi connectivity index (χ2v) is 6.93. The van der Waals surface area contributed by atoms with Crippen molar-refractivity contribution in [3.8, 4) is 5.75 Å². The predicted octanol–water partition coefficient (Wildman–Crippen LogP) is 3.79. The Balaban J connectivity index is 0.00000450. The summed E-state index contributed by atoms with van der Waals surface area (Å²) in [6.45, 7) is 0.304. The predicted molar refractivity (Wildman–Crippen MR) is 123 cm³/mol. The van der Waals surface area contributed by atoms with Gasteiger partial charge >= 0.3 is 6.18 Å². The molecule has 1 aromatic carbocycles. The van der Waals surface area contributed by atoms with Gasteiger partial charge in [-0.15, -0.1) is 35.3 Å². The number of halogens is 4. The standard InChI is InChI=1S/C19H23F3N4O2S.HI/c1-23-18(25-10-3-9-24-17(27)16-4-2-11-29-16)26-12-14-5-7-15(8-6-14)28-13-19(20,21)22;/h2,4-8,11H,3,9-10,12-13H2,1H3,(H,24,27)(H2,23,25,26);1H. The van der Waals surface area contributed by atoms with Crippen LogP contribution in [0.2, 0.25) is 0 Å². The summed E-state index contributed by atoms with van der Waals surface area (Å²) in [5, 5.41) is 11.0. The number of aliphatic imine (C=N–C) groups is 1. The van der Waals surface area contributed by atoms with Gasteiger partial charge in [-0.3, -0.25) is 9.79 Å². The Morgan fingerprint density at radius 1 is 1.10 bits per heavy atom. The summed E-state index contributed by atoms with van der Waals surface area (Å²) >= 11 is 1.40. The summed E-state index contributed by atoms with van der Waals surface area (Å²) in [5.41, 5.74) is 0.871. The first-order valence-electron chi connectivity index (χ1n) is 8.92. The Bertz CT molecular complexity index is 784. The highest BCUT2D eigenvalue weighted by molar-refractivity contribution is 14.0. The second-order valence-electron chi connectivity index (χ2n) is 5.99. The number of carbonyl (C=O) groups is 1. The van der Waals surface area contributed by atoms with Crippen LogP contribution in [0.25, 0.3) is 0 Å². The third-order valence-electron chi connectivity index (χ3n) is 3.69. The number of nitrogens with one attached hydrogen (secondary N) is 3. The number of nitrogens with zero attached hydrogens (tertiary/aromatic N) is 1. The zero-order chi connectivity index (χ0) is 21.1. The molecular weight excluding hydrogens is 532 g/mol. The van der Waals surface area contributed by atoms with Crippen LogP contribution in [-0.4, -0.2) is 44.8 Å². The molecular formula is C19H24F3IN4O2S. The minimum absolute atomic E-state index is 0. The van der Waals surface area contributed by atoms with Gasteiger partial charge in [-0.2, -0.15) is 13.2 Å².